The molecule has 0 saturated carbocycles. The fourth-order valence-electron chi connectivity index (χ4n) is 4.18. The number of ether oxygens (including phenoxy) is 1. The summed E-state index contributed by atoms with van der Waals surface area (Å²) >= 11 is 0. The number of nitriles is 1. The Labute approximate surface area is 153 Å². The molecule has 0 amide bonds. The standard InChI is InChI=1S/C19H23N5O2/c1-14-5-17(22-26-14)10-24-12-19(13-24)6-16(9-23(19)2)11-25-18-4-3-15(7-20)8-21-18/h3-5,8,16H,6,9-13H2,1-2H3. The van der Waals surface area contributed by atoms with Crippen LogP contribution in [0.1, 0.15) is 23.4 Å². The molecule has 7 heteroatoms. The molecule has 0 aromatic carbocycles. The van der Waals surface area contributed by atoms with Crippen molar-refractivity contribution in [1.29, 1.82) is 5.26 Å². The van der Waals surface area contributed by atoms with Crippen molar-refractivity contribution in [3.05, 3.63) is 41.4 Å². The van der Waals surface area contributed by atoms with E-state index < -0.39 is 0 Å². The minimum atomic E-state index is 0.255. The highest BCUT2D eigenvalue weighted by Gasteiger charge is 2.51. The summed E-state index contributed by atoms with van der Waals surface area (Å²) < 4.78 is 11.0. The van der Waals surface area contributed by atoms with Gasteiger partial charge in [-0.1, -0.05) is 5.16 Å². The third-order valence-electron chi connectivity index (χ3n) is 5.44. The molecule has 0 aliphatic carbocycles. The molecule has 7 nitrogen and oxygen atoms in total. The average molecular weight is 353 g/mol. The van der Waals surface area contributed by atoms with E-state index in [1.807, 2.05) is 13.0 Å². The summed E-state index contributed by atoms with van der Waals surface area (Å²) in [7, 11) is 2.21. The SMILES string of the molecule is Cc1cc(CN2CC3(CC(COc4ccc(C#N)cn4)CN3C)C2)no1. The van der Waals surface area contributed by atoms with Crippen LogP contribution < -0.4 is 4.74 Å². The van der Waals surface area contributed by atoms with E-state index in [0.29, 0.717) is 24.0 Å². The smallest absolute Gasteiger partial charge is 0.213 e. The molecule has 1 atom stereocenters. The molecule has 2 aliphatic rings. The van der Waals surface area contributed by atoms with E-state index in [4.69, 9.17) is 14.5 Å². The number of likely N-dealkylation sites (tertiary alicyclic amines) is 2. The molecule has 0 radical (unpaired) electrons. The number of aryl methyl sites for hydroxylation is 1. The van der Waals surface area contributed by atoms with Crippen molar-refractivity contribution in [2.75, 3.05) is 33.3 Å². The van der Waals surface area contributed by atoms with Gasteiger partial charge in [-0.25, -0.2) is 4.98 Å². The molecular weight excluding hydrogens is 330 g/mol. The topological polar surface area (TPSA) is 78.4 Å². The third-order valence-corrected chi connectivity index (χ3v) is 5.44. The molecule has 0 bridgehead atoms. The Morgan fingerprint density at radius 1 is 1.42 bits per heavy atom. The molecule has 2 aromatic rings. The maximum Gasteiger partial charge on any atom is 0.213 e. The van der Waals surface area contributed by atoms with Crippen molar-refractivity contribution >= 4 is 0 Å². The van der Waals surface area contributed by atoms with Crippen LogP contribution >= 0.6 is 0 Å². The van der Waals surface area contributed by atoms with Gasteiger partial charge < -0.3 is 9.26 Å². The molecule has 1 unspecified atom stereocenters. The lowest BCUT2D eigenvalue weighted by Crippen LogP contribution is -2.66. The molecule has 0 N–H and O–H groups in total. The largest absolute Gasteiger partial charge is 0.477 e. The zero-order valence-corrected chi connectivity index (χ0v) is 15.2. The second-order valence-corrected chi connectivity index (χ2v) is 7.56. The average Bonchev–Trinajstić information content (AvgIpc) is 3.16. The Morgan fingerprint density at radius 2 is 2.27 bits per heavy atom. The van der Waals surface area contributed by atoms with Crippen LogP contribution in [0, 0.1) is 24.2 Å². The summed E-state index contributed by atoms with van der Waals surface area (Å²) in [5, 5.41) is 12.9. The van der Waals surface area contributed by atoms with Crippen molar-refractivity contribution in [3.8, 4) is 11.9 Å². The fraction of sp³-hybridized carbons (Fsp3) is 0.526. The third kappa shape index (κ3) is 3.30. The van der Waals surface area contributed by atoms with Gasteiger partial charge in [0.2, 0.25) is 5.88 Å². The molecular formula is C19H23N5O2. The summed E-state index contributed by atoms with van der Waals surface area (Å²) in [4.78, 5) is 9.06. The van der Waals surface area contributed by atoms with Gasteiger partial charge in [0.25, 0.3) is 0 Å². The van der Waals surface area contributed by atoms with E-state index in [2.05, 4.69) is 33.1 Å². The minimum absolute atomic E-state index is 0.255. The molecule has 4 heterocycles. The van der Waals surface area contributed by atoms with Gasteiger partial charge >= 0.3 is 0 Å². The van der Waals surface area contributed by atoms with Crippen LogP contribution in [0.4, 0.5) is 0 Å². The van der Waals surface area contributed by atoms with Crippen LogP contribution in [0.25, 0.3) is 0 Å². The zero-order chi connectivity index (χ0) is 18.1. The first-order valence-electron chi connectivity index (χ1n) is 8.91. The van der Waals surface area contributed by atoms with Crippen molar-refractivity contribution < 1.29 is 9.26 Å². The molecule has 2 saturated heterocycles. The monoisotopic (exact) mass is 353 g/mol. The summed E-state index contributed by atoms with van der Waals surface area (Å²) in [6.45, 7) is 6.58. The number of rotatable bonds is 5. The van der Waals surface area contributed by atoms with Crippen LogP contribution in [0.15, 0.2) is 28.9 Å². The number of nitrogens with zero attached hydrogens (tertiary/aromatic N) is 5. The second-order valence-electron chi connectivity index (χ2n) is 7.56. The molecule has 4 rings (SSSR count). The normalized spacial score (nSPS) is 22.3. The second kappa shape index (κ2) is 6.71. The van der Waals surface area contributed by atoms with Gasteiger partial charge in [-0.3, -0.25) is 9.80 Å². The maximum absolute atomic E-state index is 8.82. The van der Waals surface area contributed by atoms with E-state index in [0.717, 1.165) is 44.1 Å². The van der Waals surface area contributed by atoms with Gasteiger partial charge in [0.1, 0.15) is 11.8 Å². The van der Waals surface area contributed by atoms with E-state index in [1.165, 1.54) is 0 Å². The Morgan fingerprint density at radius 3 is 2.92 bits per heavy atom. The lowest BCUT2D eigenvalue weighted by molar-refractivity contribution is -0.0233. The van der Waals surface area contributed by atoms with E-state index in [1.54, 1.807) is 18.3 Å². The lowest BCUT2D eigenvalue weighted by Gasteiger charge is -2.51. The molecule has 2 aromatic heterocycles. The summed E-state index contributed by atoms with van der Waals surface area (Å²) in [5.74, 6) is 1.94. The summed E-state index contributed by atoms with van der Waals surface area (Å²) in [6.07, 6.45) is 2.68. The number of pyridine rings is 1. The highest BCUT2D eigenvalue weighted by atomic mass is 16.5. The van der Waals surface area contributed by atoms with E-state index >= 15 is 0 Å². The molecule has 26 heavy (non-hydrogen) atoms. The quantitative estimate of drug-likeness (QED) is 0.811. The maximum atomic E-state index is 8.82. The van der Waals surface area contributed by atoms with Gasteiger partial charge in [-0.15, -0.1) is 0 Å². The van der Waals surface area contributed by atoms with Crippen molar-refractivity contribution in [1.82, 2.24) is 19.9 Å². The van der Waals surface area contributed by atoms with Crippen molar-refractivity contribution in [2.24, 2.45) is 5.92 Å². The van der Waals surface area contributed by atoms with Crippen molar-refractivity contribution in [2.45, 2.75) is 25.4 Å². The van der Waals surface area contributed by atoms with Gasteiger partial charge in [0, 0.05) is 56.0 Å². The predicted molar refractivity (Wildman–Crippen MR) is 94.4 cm³/mol. The molecule has 136 valence electrons. The van der Waals surface area contributed by atoms with Crippen LogP contribution in [-0.4, -0.2) is 58.8 Å². The fourth-order valence-corrected chi connectivity index (χ4v) is 4.18. The zero-order valence-electron chi connectivity index (χ0n) is 15.2. The van der Waals surface area contributed by atoms with Crippen LogP contribution in [0.5, 0.6) is 5.88 Å². The summed E-state index contributed by atoms with van der Waals surface area (Å²) in [5.41, 5.74) is 1.81. The van der Waals surface area contributed by atoms with Crippen LogP contribution in [0.2, 0.25) is 0 Å². The van der Waals surface area contributed by atoms with Gasteiger partial charge in [0.15, 0.2) is 0 Å². The predicted octanol–water partition coefficient (Wildman–Crippen LogP) is 1.83. The van der Waals surface area contributed by atoms with Crippen molar-refractivity contribution in [3.63, 3.8) is 0 Å². The first-order chi connectivity index (χ1) is 12.6. The Bertz CT molecular complexity index is 804. The lowest BCUT2D eigenvalue weighted by atomic mass is 9.84. The summed E-state index contributed by atoms with van der Waals surface area (Å²) in [6, 6.07) is 7.57. The molecule has 2 aliphatic heterocycles. The van der Waals surface area contributed by atoms with E-state index in [-0.39, 0.29) is 5.54 Å². The van der Waals surface area contributed by atoms with Crippen LogP contribution in [-0.2, 0) is 6.54 Å². The van der Waals surface area contributed by atoms with Gasteiger partial charge in [0.05, 0.1) is 17.9 Å². The van der Waals surface area contributed by atoms with Gasteiger partial charge in [-0.05, 0) is 26.5 Å². The molecule has 2 fully saturated rings. The van der Waals surface area contributed by atoms with Gasteiger partial charge in [-0.2, -0.15) is 5.26 Å². The van der Waals surface area contributed by atoms with E-state index in [9.17, 15) is 0 Å². The highest BCUT2D eigenvalue weighted by molar-refractivity contribution is 5.28. The molecule has 1 spiro atoms. The highest BCUT2D eigenvalue weighted by Crippen LogP contribution is 2.40. The van der Waals surface area contributed by atoms with Crippen LogP contribution in [0.3, 0.4) is 0 Å². The Kier molecular flexibility index (Phi) is 4.39. The number of aromatic nitrogens is 2. The number of likely N-dealkylation sites (N-methyl/N-ethyl adjacent to an activating group) is 1. The number of hydrogen-bond acceptors (Lipinski definition) is 7. The minimum Gasteiger partial charge on any atom is -0.477 e. The first kappa shape index (κ1) is 17.0. The number of hydrogen-bond donors (Lipinski definition) is 0. The first-order valence-corrected chi connectivity index (χ1v) is 8.91. The Hall–Kier alpha value is -2.43. The Balaban J connectivity index is 1.27.